The molecule has 2 aromatic rings. The SMILES string of the molecule is COc1ccc(C[C@@H]2NC(=O)[C@H](CC(C)C)NC(=O)CN(C(=O)c3ccc(CO)cc3)C[C@H](C(C)C)NC(=O)[C@@H](C)NC2=O)cc1. The van der Waals surface area contributed by atoms with Gasteiger partial charge in [0, 0.05) is 24.6 Å². The number of nitrogens with zero attached hydrogens (tertiary/aromatic N) is 1. The van der Waals surface area contributed by atoms with Gasteiger partial charge in [-0.3, -0.25) is 24.0 Å². The molecule has 5 amide bonds. The van der Waals surface area contributed by atoms with Crippen molar-refractivity contribution in [3.63, 3.8) is 0 Å². The van der Waals surface area contributed by atoms with Crippen LogP contribution in [0.25, 0.3) is 0 Å². The topological polar surface area (TPSA) is 166 Å². The van der Waals surface area contributed by atoms with E-state index >= 15 is 0 Å². The molecular formula is C34H47N5O7. The molecule has 4 atom stereocenters. The highest BCUT2D eigenvalue weighted by Crippen LogP contribution is 2.15. The van der Waals surface area contributed by atoms with Crippen LogP contribution in [0.3, 0.4) is 0 Å². The molecule has 0 spiro atoms. The molecule has 0 unspecified atom stereocenters. The Morgan fingerprint density at radius 2 is 1.46 bits per heavy atom. The lowest BCUT2D eigenvalue weighted by Crippen LogP contribution is -2.57. The van der Waals surface area contributed by atoms with Gasteiger partial charge in [-0.2, -0.15) is 0 Å². The lowest BCUT2D eigenvalue weighted by molar-refractivity contribution is -0.133. The molecule has 1 aliphatic rings. The molecule has 0 saturated carbocycles. The van der Waals surface area contributed by atoms with Crippen LogP contribution < -0.4 is 26.0 Å². The second-order valence-corrected chi connectivity index (χ2v) is 12.5. The number of methoxy groups -OCH3 is 1. The van der Waals surface area contributed by atoms with Crippen molar-refractivity contribution in [2.45, 2.75) is 78.2 Å². The van der Waals surface area contributed by atoms with E-state index in [0.29, 0.717) is 16.9 Å². The third-order valence-corrected chi connectivity index (χ3v) is 7.90. The van der Waals surface area contributed by atoms with E-state index in [1.807, 2.05) is 27.7 Å². The fourth-order valence-corrected chi connectivity index (χ4v) is 5.10. The number of aliphatic hydroxyl groups is 1. The van der Waals surface area contributed by atoms with Crippen LogP contribution in [-0.4, -0.2) is 83.9 Å². The first-order valence-corrected chi connectivity index (χ1v) is 15.6. The van der Waals surface area contributed by atoms with Gasteiger partial charge in [-0.1, -0.05) is 52.0 Å². The van der Waals surface area contributed by atoms with Crippen LogP contribution in [0.15, 0.2) is 48.5 Å². The Kier molecular flexibility index (Phi) is 13.1. The van der Waals surface area contributed by atoms with E-state index in [1.165, 1.54) is 4.90 Å². The molecule has 0 aromatic heterocycles. The van der Waals surface area contributed by atoms with Gasteiger partial charge in [0.15, 0.2) is 0 Å². The molecule has 1 heterocycles. The number of aliphatic hydroxyl groups excluding tert-OH is 1. The number of hydrogen-bond donors (Lipinski definition) is 5. The van der Waals surface area contributed by atoms with Crippen molar-refractivity contribution in [2.24, 2.45) is 11.8 Å². The van der Waals surface area contributed by atoms with Gasteiger partial charge in [0.25, 0.3) is 5.91 Å². The molecule has 0 aliphatic carbocycles. The van der Waals surface area contributed by atoms with Crippen LogP contribution in [-0.2, 0) is 32.2 Å². The minimum absolute atomic E-state index is 0.000778. The van der Waals surface area contributed by atoms with Crippen LogP contribution >= 0.6 is 0 Å². The van der Waals surface area contributed by atoms with Crippen LogP contribution in [0.5, 0.6) is 5.75 Å². The smallest absolute Gasteiger partial charge is 0.254 e. The molecule has 5 N–H and O–H groups in total. The number of ether oxygens (including phenoxy) is 1. The molecule has 1 fully saturated rings. The quantitative estimate of drug-likeness (QED) is 0.293. The number of nitrogens with one attached hydrogen (secondary N) is 4. The number of amides is 5. The number of carbonyl (C=O) groups excluding carboxylic acids is 5. The highest BCUT2D eigenvalue weighted by atomic mass is 16.5. The predicted octanol–water partition coefficient (Wildman–Crippen LogP) is 1.55. The fraction of sp³-hybridized carbons (Fsp3) is 0.500. The molecule has 250 valence electrons. The van der Waals surface area contributed by atoms with Crippen molar-refractivity contribution in [3.05, 3.63) is 65.2 Å². The van der Waals surface area contributed by atoms with Crippen LogP contribution in [0.2, 0.25) is 0 Å². The Morgan fingerprint density at radius 1 is 0.848 bits per heavy atom. The summed E-state index contributed by atoms with van der Waals surface area (Å²) < 4.78 is 5.22. The molecule has 12 heteroatoms. The third-order valence-electron chi connectivity index (χ3n) is 7.90. The van der Waals surface area contributed by atoms with E-state index < -0.39 is 53.7 Å². The van der Waals surface area contributed by atoms with Gasteiger partial charge < -0.3 is 36.0 Å². The zero-order valence-electron chi connectivity index (χ0n) is 27.5. The first kappa shape index (κ1) is 36.0. The zero-order valence-corrected chi connectivity index (χ0v) is 27.5. The predicted molar refractivity (Wildman–Crippen MR) is 173 cm³/mol. The number of rotatable bonds is 8. The summed E-state index contributed by atoms with van der Waals surface area (Å²) in [6.07, 6.45) is 0.417. The summed E-state index contributed by atoms with van der Waals surface area (Å²) in [6.45, 7) is 8.58. The lowest BCUT2D eigenvalue weighted by Gasteiger charge is -2.31. The second-order valence-electron chi connectivity index (χ2n) is 12.5. The lowest BCUT2D eigenvalue weighted by atomic mass is 10.0. The standard InChI is InChI=1S/C34H47N5O7/c1-20(2)15-27-33(44)37-28(16-23-9-13-26(46-6)14-10-23)32(43)35-22(5)31(42)38-29(21(3)4)17-39(18-30(41)36-27)34(45)25-11-7-24(19-40)8-12-25/h7-14,20-22,27-29,40H,15-19H2,1-6H3,(H,35,43)(H,36,41)(H,37,44)(H,38,42)/t22-,27+,28+,29-/m1/s1. The zero-order chi connectivity index (χ0) is 34.0. The van der Waals surface area contributed by atoms with E-state index in [2.05, 4.69) is 21.3 Å². The first-order valence-electron chi connectivity index (χ1n) is 15.6. The molecule has 0 bridgehead atoms. The molecule has 0 radical (unpaired) electrons. The van der Waals surface area contributed by atoms with Crippen molar-refractivity contribution in [1.29, 1.82) is 0 Å². The third kappa shape index (κ3) is 10.3. The number of hydrogen-bond acceptors (Lipinski definition) is 7. The average Bonchev–Trinajstić information content (AvgIpc) is 3.02. The van der Waals surface area contributed by atoms with Crippen molar-refractivity contribution in [3.8, 4) is 5.75 Å². The van der Waals surface area contributed by atoms with E-state index in [4.69, 9.17) is 4.74 Å². The maximum absolute atomic E-state index is 13.7. The Hall–Kier alpha value is -4.45. The summed E-state index contributed by atoms with van der Waals surface area (Å²) in [5.74, 6) is -2.08. The maximum atomic E-state index is 13.7. The monoisotopic (exact) mass is 637 g/mol. The average molecular weight is 638 g/mol. The van der Waals surface area contributed by atoms with Gasteiger partial charge in [-0.05, 0) is 60.6 Å². The van der Waals surface area contributed by atoms with Crippen molar-refractivity contribution < 1.29 is 33.8 Å². The van der Waals surface area contributed by atoms with E-state index in [-0.39, 0.29) is 44.4 Å². The molecule has 12 nitrogen and oxygen atoms in total. The molecular weight excluding hydrogens is 590 g/mol. The molecule has 46 heavy (non-hydrogen) atoms. The van der Waals surface area contributed by atoms with Gasteiger partial charge in [-0.15, -0.1) is 0 Å². The normalized spacial score (nSPS) is 21.9. The highest BCUT2D eigenvalue weighted by Gasteiger charge is 2.32. The van der Waals surface area contributed by atoms with Gasteiger partial charge in [0.1, 0.15) is 23.9 Å². The van der Waals surface area contributed by atoms with Gasteiger partial charge >= 0.3 is 0 Å². The largest absolute Gasteiger partial charge is 0.497 e. The fourth-order valence-electron chi connectivity index (χ4n) is 5.10. The van der Waals surface area contributed by atoms with Crippen LogP contribution in [0.1, 0.15) is 62.5 Å². The van der Waals surface area contributed by atoms with E-state index in [9.17, 15) is 29.1 Å². The Labute approximate surface area is 270 Å². The molecule has 1 saturated heterocycles. The summed E-state index contributed by atoms with van der Waals surface area (Å²) in [5, 5.41) is 20.7. The molecule has 2 aromatic carbocycles. The van der Waals surface area contributed by atoms with Crippen molar-refractivity contribution >= 4 is 29.5 Å². The van der Waals surface area contributed by atoms with Crippen LogP contribution in [0.4, 0.5) is 0 Å². The van der Waals surface area contributed by atoms with Gasteiger partial charge in [-0.25, -0.2) is 0 Å². The summed E-state index contributed by atoms with van der Waals surface area (Å²) in [5.41, 5.74) is 1.68. The first-order chi connectivity index (χ1) is 21.8. The summed E-state index contributed by atoms with van der Waals surface area (Å²) in [4.78, 5) is 69.1. The van der Waals surface area contributed by atoms with Gasteiger partial charge in [0.05, 0.1) is 20.3 Å². The van der Waals surface area contributed by atoms with Crippen molar-refractivity contribution in [1.82, 2.24) is 26.2 Å². The maximum Gasteiger partial charge on any atom is 0.254 e. The number of carbonyl (C=O) groups is 5. The second kappa shape index (κ2) is 16.7. The highest BCUT2D eigenvalue weighted by molar-refractivity contribution is 5.98. The molecule has 3 rings (SSSR count). The van der Waals surface area contributed by atoms with E-state index in [1.54, 1.807) is 62.6 Å². The Bertz CT molecular complexity index is 1360. The minimum atomic E-state index is -1.05. The van der Waals surface area contributed by atoms with Crippen LogP contribution in [0, 0.1) is 11.8 Å². The van der Waals surface area contributed by atoms with Gasteiger partial charge in [0.2, 0.25) is 23.6 Å². The Morgan fingerprint density at radius 3 is 2.02 bits per heavy atom. The number of benzene rings is 2. The van der Waals surface area contributed by atoms with E-state index in [0.717, 1.165) is 5.56 Å². The van der Waals surface area contributed by atoms with Crippen molar-refractivity contribution in [2.75, 3.05) is 20.2 Å². The Balaban J connectivity index is 1.99. The summed E-state index contributed by atoms with van der Waals surface area (Å²) >= 11 is 0. The minimum Gasteiger partial charge on any atom is -0.497 e. The summed E-state index contributed by atoms with van der Waals surface area (Å²) in [6, 6.07) is 9.90. The summed E-state index contributed by atoms with van der Waals surface area (Å²) in [7, 11) is 1.55. The molecule has 1 aliphatic heterocycles.